The van der Waals surface area contributed by atoms with Gasteiger partial charge in [-0.05, 0) is 23.6 Å². The molecule has 0 amide bonds. The lowest BCUT2D eigenvalue weighted by molar-refractivity contribution is 0.422. The summed E-state index contributed by atoms with van der Waals surface area (Å²) in [6.07, 6.45) is 0. The number of hydrogen-bond acceptors (Lipinski definition) is 2. The average molecular weight is 320 g/mol. The maximum absolute atomic E-state index is 12.2. The van der Waals surface area contributed by atoms with Gasteiger partial charge in [0.2, 0.25) is 5.88 Å². The number of rotatable bonds is 2. The first-order valence-corrected chi connectivity index (χ1v) is 7.08. The number of pyridine rings is 1. The molecule has 106 valence electrons. The minimum absolute atomic E-state index is 0.0888. The fraction of sp³-hybridized carbons (Fsp3) is 0.0625. The summed E-state index contributed by atoms with van der Waals surface area (Å²) in [4.78, 5) is 12.2. The molecular weight excluding hydrogens is 309 g/mol. The molecule has 3 nitrogen and oxygen atoms in total. The van der Waals surface area contributed by atoms with E-state index in [9.17, 15) is 9.90 Å². The summed E-state index contributed by atoms with van der Waals surface area (Å²) in [7, 11) is 0. The molecule has 0 atom stereocenters. The predicted molar refractivity (Wildman–Crippen MR) is 85.4 cm³/mol. The van der Waals surface area contributed by atoms with Crippen LogP contribution in [0.4, 0.5) is 0 Å². The highest BCUT2D eigenvalue weighted by molar-refractivity contribution is 6.35. The molecule has 0 fully saturated rings. The van der Waals surface area contributed by atoms with Gasteiger partial charge >= 0.3 is 0 Å². The van der Waals surface area contributed by atoms with Crippen molar-refractivity contribution in [2.45, 2.75) is 6.54 Å². The zero-order chi connectivity index (χ0) is 15.0. The summed E-state index contributed by atoms with van der Waals surface area (Å²) in [5.74, 6) is -0.0888. The topological polar surface area (TPSA) is 42.2 Å². The van der Waals surface area contributed by atoms with Crippen LogP contribution >= 0.6 is 23.2 Å². The van der Waals surface area contributed by atoms with E-state index >= 15 is 0 Å². The fourth-order valence-electron chi connectivity index (χ4n) is 2.28. The minimum Gasteiger partial charge on any atom is -0.494 e. The molecule has 21 heavy (non-hydrogen) atoms. The van der Waals surface area contributed by atoms with E-state index in [1.54, 1.807) is 36.4 Å². The summed E-state index contributed by atoms with van der Waals surface area (Å²) < 4.78 is 1.26. The van der Waals surface area contributed by atoms with E-state index in [1.807, 2.05) is 6.07 Å². The third-order valence-electron chi connectivity index (χ3n) is 3.38. The number of fused-ring (bicyclic) bond motifs is 1. The van der Waals surface area contributed by atoms with E-state index < -0.39 is 0 Å². The van der Waals surface area contributed by atoms with E-state index in [1.165, 1.54) is 10.6 Å². The SMILES string of the molecule is O=c1cc2ccccc2c(O)n1Cc1c(Cl)cccc1Cl. The van der Waals surface area contributed by atoms with E-state index in [4.69, 9.17) is 23.2 Å². The molecule has 0 radical (unpaired) electrons. The third kappa shape index (κ3) is 2.50. The molecule has 0 unspecified atom stereocenters. The van der Waals surface area contributed by atoms with Crippen molar-refractivity contribution >= 4 is 34.0 Å². The van der Waals surface area contributed by atoms with Gasteiger partial charge in [-0.15, -0.1) is 0 Å². The van der Waals surface area contributed by atoms with Crippen LogP contribution in [-0.2, 0) is 6.54 Å². The smallest absolute Gasteiger partial charge is 0.254 e. The first-order valence-electron chi connectivity index (χ1n) is 6.32. The standard InChI is InChI=1S/C16H11Cl2NO2/c17-13-6-3-7-14(18)12(13)9-19-15(20)8-10-4-1-2-5-11(10)16(19)21/h1-8,21H,9H2. The lowest BCUT2D eigenvalue weighted by Gasteiger charge is -2.13. The number of aromatic nitrogens is 1. The Morgan fingerprint density at radius 2 is 1.67 bits per heavy atom. The maximum Gasteiger partial charge on any atom is 0.254 e. The van der Waals surface area contributed by atoms with Crippen molar-refractivity contribution in [1.29, 1.82) is 0 Å². The number of nitrogens with zero attached hydrogens (tertiary/aromatic N) is 1. The van der Waals surface area contributed by atoms with Gasteiger partial charge in [-0.1, -0.05) is 47.5 Å². The van der Waals surface area contributed by atoms with Crippen molar-refractivity contribution in [3.05, 3.63) is 74.5 Å². The number of hydrogen-bond donors (Lipinski definition) is 1. The maximum atomic E-state index is 12.2. The molecule has 3 rings (SSSR count). The lowest BCUT2D eigenvalue weighted by Crippen LogP contribution is -2.20. The highest BCUT2D eigenvalue weighted by atomic mass is 35.5. The van der Waals surface area contributed by atoms with Crippen LogP contribution in [0.1, 0.15) is 5.56 Å². The Bertz CT molecular complexity index is 867. The Morgan fingerprint density at radius 1 is 1.00 bits per heavy atom. The van der Waals surface area contributed by atoms with E-state index in [2.05, 4.69) is 0 Å². The van der Waals surface area contributed by atoms with Crippen LogP contribution in [0.3, 0.4) is 0 Å². The van der Waals surface area contributed by atoms with Crippen molar-refractivity contribution in [3.63, 3.8) is 0 Å². The Balaban J connectivity index is 2.20. The normalized spacial score (nSPS) is 11.0. The molecule has 0 aliphatic rings. The molecule has 0 aliphatic carbocycles. The highest BCUT2D eigenvalue weighted by Gasteiger charge is 2.12. The van der Waals surface area contributed by atoms with Crippen LogP contribution in [0.5, 0.6) is 5.88 Å². The van der Waals surface area contributed by atoms with Crippen LogP contribution in [-0.4, -0.2) is 9.67 Å². The molecule has 0 bridgehead atoms. The second-order valence-electron chi connectivity index (χ2n) is 4.68. The highest BCUT2D eigenvalue weighted by Crippen LogP contribution is 2.28. The van der Waals surface area contributed by atoms with Crippen molar-refractivity contribution in [3.8, 4) is 5.88 Å². The monoisotopic (exact) mass is 319 g/mol. The average Bonchev–Trinajstić information content (AvgIpc) is 2.46. The lowest BCUT2D eigenvalue weighted by atomic mass is 10.1. The molecule has 3 aromatic rings. The Morgan fingerprint density at radius 3 is 2.38 bits per heavy atom. The van der Waals surface area contributed by atoms with E-state index in [0.29, 0.717) is 26.4 Å². The summed E-state index contributed by atoms with van der Waals surface area (Å²) >= 11 is 12.2. The predicted octanol–water partition coefficient (Wildman–Crippen LogP) is 4.06. The molecule has 2 aromatic carbocycles. The molecule has 0 saturated carbocycles. The quantitative estimate of drug-likeness (QED) is 0.773. The molecule has 1 aromatic heterocycles. The molecule has 0 spiro atoms. The molecule has 1 heterocycles. The largest absolute Gasteiger partial charge is 0.494 e. The van der Waals surface area contributed by atoms with Crippen molar-refractivity contribution in [2.24, 2.45) is 0 Å². The van der Waals surface area contributed by atoms with Crippen LogP contribution in [0.15, 0.2) is 53.3 Å². The van der Waals surface area contributed by atoms with Gasteiger partial charge in [0.1, 0.15) is 0 Å². The first kappa shape index (κ1) is 14.0. The third-order valence-corrected chi connectivity index (χ3v) is 4.09. The van der Waals surface area contributed by atoms with Gasteiger partial charge in [0.15, 0.2) is 0 Å². The zero-order valence-electron chi connectivity index (χ0n) is 10.9. The van der Waals surface area contributed by atoms with Gasteiger partial charge < -0.3 is 5.11 Å². The second kappa shape index (κ2) is 5.43. The summed E-state index contributed by atoms with van der Waals surface area (Å²) in [5.41, 5.74) is 0.302. The molecule has 0 aliphatic heterocycles. The van der Waals surface area contributed by atoms with Gasteiger partial charge in [-0.25, -0.2) is 0 Å². The fourth-order valence-corrected chi connectivity index (χ4v) is 2.80. The summed E-state index contributed by atoms with van der Waals surface area (Å²) in [6.45, 7) is 0.119. The van der Waals surface area contributed by atoms with Crippen LogP contribution in [0, 0.1) is 0 Å². The Labute approximate surface area is 131 Å². The van der Waals surface area contributed by atoms with Gasteiger partial charge in [-0.3, -0.25) is 9.36 Å². The van der Waals surface area contributed by atoms with Crippen LogP contribution in [0.25, 0.3) is 10.8 Å². The van der Waals surface area contributed by atoms with E-state index in [-0.39, 0.29) is 18.0 Å². The summed E-state index contributed by atoms with van der Waals surface area (Å²) in [6, 6.07) is 13.8. The van der Waals surface area contributed by atoms with Gasteiger partial charge in [0.25, 0.3) is 5.56 Å². The van der Waals surface area contributed by atoms with Gasteiger partial charge in [-0.2, -0.15) is 0 Å². The van der Waals surface area contributed by atoms with Crippen molar-refractivity contribution < 1.29 is 5.11 Å². The molecule has 1 N–H and O–H groups in total. The van der Waals surface area contributed by atoms with Crippen molar-refractivity contribution in [2.75, 3.05) is 0 Å². The zero-order valence-corrected chi connectivity index (χ0v) is 12.4. The Kier molecular flexibility index (Phi) is 3.62. The van der Waals surface area contributed by atoms with E-state index in [0.717, 1.165) is 0 Å². The Hall–Kier alpha value is -1.97. The molecular formula is C16H11Cl2NO2. The van der Waals surface area contributed by atoms with Crippen LogP contribution < -0.4 is 5.56 Å². The van der Waals surface area contributed by atoms with Gasteiger partial charge in [0, 0.05) is 27.1 Å². The first-order chi connectivity index (χ1) is 10.1. The molecule has 0 saturated heterocycles. The van der Waals surface area contributed by atoms with Crippen molar-refractivity contribution in [1.82, 2.24) is 4.57 Å². The minimum atomic E-state index is -0.304. The van der Waals surface area contributed by atoms with Crippen LogP contribution in [0.2, 0.25) is 10.0 Å². The number of halogens is 2. The number of aromatic hydroxyl groups is 1. The second-order valence-corrected chi connectivity index (χ2v) is 5.49. The van der Waals surface area contributed by atoms with Gasteiger partial charge in [0.05, 0.1) is 6.54 Å². The number of benzene rings is 2. The summed E-state index contributed by atoms with van der Waals surface area (Å²) in [5, 5.41) is 12.6. The molecule has 5 heteroatoms.